The van der Waals surface area contributed by atoms with Gasteiger partial charge >= 0.3 is 0 Å². The molecule has 0 saturated carbocycles. The van der Waals surface area contributed by atoms with Crippen molar-refractivity contribution in [3.8, 4) is 11.5 Å². The van der Waals surface area contributed by atoms with Gasteiger partial charge in [0.25, 0.3) is 5.92 Å². The molecule has 2 aromatic carbocycles. The van der Waals surface area contributed by atoms with Crippen molar-refractivity contribution >= 4 is 9.84 Å². The topological polar surface area (TPSA) is 63.6 Å². The van der Waals surface area contributed by atoms with Gasteiger partial charge in [0, 0.05) is 29.9 Å². The van der Waals surface area contributed by atoms with Crippen LogP contribution in [-0.2, 0) is 16.3 Å². The summed E-state index contributed by atoms with van der Waals surface area (Å²) in [6, 6.07) is 4.02. The first kappa shape index (κ1) is 18.7. The lowest BCUT2D eigenvalue weighted by Crippen LogP contribution is -2.22. The molecule has 0 aromatic heterocycles. The first-order chi connectivity index (χ1) is 11.9. The summed E-state index contributed by atoms with van der Waals surface area (Å²) in [7, 11) is -4.09. The van der Waals surface area contributed by atoms with Crippen LogP contribution in [0.2, 0.25) is 0 Å². The molecule has 9 heteroatoms. The number of rotatable bonds is 3. The predicted molar refractivity (Wildman–Crippen MR) is 84.3 cm³/mol. The highest BCUT2D eigenvalue weighted by Gasteiger charge is 2.51. The van der Waals surface area contributed by atoms with Gasteiger partial charge in [-0.2, -0.15) is 0 Å². The summed E-state index contributed by atoms with van der Waals surface area (Å²) in [5.41, 5.74) is -0.595. The van der Waals surface area contributed by atoms with Crippen LogP contribution in [0.3, 0.4) is 0 Å². The second-order valence-electron chi connectivity index (χ2n) is 6.26. The summed E-state index contributed by atoms with van der Waals surface area (Å²) < 4.78 is 84.9. The number of alkyl halides is 2. The molecule has 2 aromatic rings. The Bertz CT molecular complexity index is 982. The van der Waals surface area contributed by atoms with Gasteiger partial charge in [0.15, 0.2) is 21.4 Å². The second-order valence-corrected chi connectivity index (χ2v) is 8.24. The molecule has 0 heterocycles. The van der Waals surface area contributed by atoms with Gasteiger partial charge in [0.05, 0.1) is 4.90 Å². The van der Waals surface area contributed by atoms with E-state index in [0.717, 1.165) is 12.3 Å². The molecule has 26 heavy (non-hydrogen) atoms. The highest BCUT2D eigenvalue weighted by atomic mass is 32.2. The van der Waals surface area contributed by atoms with Gasteiger partial charge in [-0.15, -0.1) is 0 Å². The van der Waals surface area contributed by atoms with E-state index in [0.29, 0.717) is 11.6 Å². The average Bonchev–Trinajstić information content (AvgIpc) is 2.70. The summed E-state index contributed by atoms with van der Waals surface area (Å²) in [5.74, 6) is -6.36. The molecule has 4 nitrogen and oxygen atoms in total. The van der Waals surface area contributed by atoms with Gasteiger partial charge in [-0.25, -0.2) is 26.0 Å². The van der Waals surface area contributed by atoms with Crippen LogP contribution in [-0.4, -0.2) is 25.7 Å². The van der Waals surface area contributed by atoms with Crippen molar-refractivity contribution in [3.63, 3.8) is 0 Å². The van der Waals surface area contributed by atoms with Crippen LogP contribution in [0.5, 0.6) is 11.5 Å². The molecule has 140 valence electrons. The number of aliphatic hydroxyl groups is 1. The largest absolute Gasteiger partial charge is 0.454 e. The van der Waals surface area contributed by atoms with Crippen LogP contribution < -0.4 is 4.74 Å². The van der Waals surface area contributed by atoms with Crippen LogP contribution >= 0.6 is 0 Å². The monoisotopic (exact) mass is 390 g/mol. The Labute approximate surface area is 147 Å². The first-order valence-electron chi connectivity index (χ1n) is 7.46. The summed E-state index contributed by atoms with van der Waals surface area (Å²) in [5, 5.41) is 9.87. The average molecular weight is 390 g/mol. The van der Waals surface area contributed by atoms with E-state index in [-0.39, 0.29) is 5.75 Å². The Hall–Kier alpha value is -2.13. The van der Waals surface area contributed by atoms with Crippen molar-refractivity contribution in [3.05, 3.63) is 52.6 Å². The fourth-order valence-corrected chi connectivity index (χ4v) is 3.94. The van der Waals surface area contributed by atoms with Crippen LogP contribution in [0.4, 0.5) is 17.6 Å². The summed E-state index contributed by atoms with van der Waals surface area (Å²) >= 11 is 0. The molecule has 3 rings (SSSR count). The number of hydrogen-bond acceptors (Lipinski definition) is 4. The van der Waals surface area contributed by atoms with Gasteiger partial charge in [0.1, 0.15) is 17.7 Å². The number of ether oxygens (including phenoxy) is 1. The van der Waals surface area contributed by atoms with Crippen molar-refractivity contribution < 1.29 is 35.8 Å². The van der Waals surface area contributed by atoms with Crippen molar-refractivity contribution in [2.24, 2.45) is 0 Å². The molecule has 0 amide bonds. The Morgan fingerprint density at radius 1 is 1.19 bits per heavy atom. The third-order valence-corrected chi connectivity index (χ3v) is 5.20. The highest BCUT2D eigenvalue weighted by molar-refractivity contribution is 7.90. The minimum atomic E-state index is -4.09. The number of benzene rings is 2. The molecule has 0 spiro atoms. The SMILES string of the molecule is Cc1cc(F)cc(Oc2c(F)cc(S(C)(=O)=O)c3c2CC(F)(F)C3O)c1. The van der Waals surface area contributed by atoms with Crippen molar-refractivity contribution in [1.82, 2.24) is 0 Å². The van der Waals surface area contributed by atoms with E-state index in [9.17, 15) is 31.1 Å². The standard InChI is InChI=1S/C17H14F4O4S/c1-8-3-9(18)5-10(4-8)25-15-11-7-17(20,21)16(22)14(11)13(6-12(15)19)26(2,23)24/h3-6,16,22H,7H2,1-2H3. The Balaban J connectivity index is 2.22. The molecule has 1 atom stereocenters. The maximum Gasteiger partial charge on any atom is 0.281 e. The number of halogens is 4. The highest BCUT2D eigenvalue weighted by Crippen LogP contribution is 2.50. The van der Waals surface area contributed by atoms with E-state index in [1.165, 1.54) is 12.1 Å². The van der Waals surface area contributed by atoms with E-state index in [1.807, 2.05) is 0 Å². The summed E-state index contributed by atoms with van der Waals surface area (Å²) in [6.45, 7) is 1.56. The van der Waals surface area contributed by atoms with Crippen molar-refractivity contribution in [2.75, 3.05) is 6.26 Å². The Morgan fingerprint density at radius 2 is 1.85 bits per heavy atom. The normalized spacial score (nSPS) is 18.7. The predicted octanol–water partition coefficient (Wildman–Crippen LogP) is 3.69. The second kappa shape index (κ2) is 5.95. The van der Waals surface area contributed by atoms with E-state index in [1.54, 1.807) is 6.92 Å². The van der Waals surface area contributed by atoms with E-state index < -0.39 is 61.7 Å². The van der Waals surface area contributed by atoms with Crippen molar-refractivity contribution in [1.29, 1.82) is 0 Å². The zero-order chi connectivity index (χ0) is 19.4. The van der Waals surface area contributed by atoms with Crippen LogP contribution in [0.1, 0.15) is 22.8 Å². The summed E-state index contributed by atoms with van der Waals surface area (Å²) in [6.07, 6.45) is -2.80. The van der Waals surface area contributed by atoms with Crippen molar-refractivity contribution in [2.45, 2.75) is 30.3 Å². The molecule has 1 aliphatic carbocycles. The third-order valence-electron chi connectivity index (χ3n) is 4.06. The zero-order valence-corrected chi connectivity index (χ0v) is 14.5. The van der Waals surface area contributed by atoms with Crippen LogP contribution in [0, 0.1) is 18.6 Å². The van der Waals surface area contributed by atoms with E-state index in [4.69, 9.17) is 4.74 Å². The quantitative estimate of drug-likeness (QED) is 0.812. The zero-order valence-electron chi connectivity index (χ0n) is 13.7. The maximum atomic E-state index is 14.5. The lowest BCUT2D eigenvalue weighted by molar-refractivity contribution is -0.0976. The number of aryl methyl sites for hydroxylation is 1. The van der Waals surface area contributed by atoms with Gasteiger partial charge < -0.3 is 9.84 Å². The van der Waals surface area contributed by atoms with Gasteiger partial charge in [-0.1, -0.05) is 0 Å². The Morgan fingerprint density at radius 3 is 2.42 bits per heavy atom. The molecule has 0 radical (unpaired) electrons. The molecular weight excluding hydrogens is 376 g/mol. The molecule has 1 unspecified atom stereocenters. The minimum absolute atomic E-state index is 0.139. The van der Waals surface area contributed by atoms with Crippen LogP contribution in [0.25, 0.3) is 0 Å². The minimum Gasteiger partial charge on any atom is -0.454 e. The smallest absolute Gasteiger partial charge is 0.281 e. The van der Waals surface area contributed by atoms with Crippen LogP contribution in [0.15, 0.2) is 29.2 Å². The Kier molecular flexibility index (Phi) is 4.27. The van der Waals surface area contributed by atoms with Gasteiger partial charge in [-0.3, -0.25) is 0 Å². The number of hydrogen-bond donors (Lipinski definition) is 1. The number of aliphatic hydroxyl groups excluding tert-OH is 1. The third kappa shape index (κ3) is 3.16. The molecule has 0 saturated heterocycles. The number of fused-ring (bicyclic) bond motifs is 1. The van der Waals surface area contributed by atoms with Gasteiger partial charge in [-0.05, 0) is 30.7 Å². The number of sulfone groups is 1. The lowest BCUT2D eigenvalue weighted by Gasteiger charge is -2.16. The molecule has 0 fully saturated rings. The fraction of sp³-hybridized carbons (Fsp3) is 0.294. The molecule has 0 aliphatic heterocycles. The summed E-state index contributed by atoms with van der Waals surface area (Å²) in [4.78, 5) is -0.725. The molecule has 1 aliphatic rings. The fourth-order valence-electron chi connectivity index (χ4n) is 2.99. The van der Waals surface area contributed by atoms with E-state index in [2.05, 4.69) is 0 Å². The van der Waals surface area contributed by atoms with Gasteiger partial charge in [0.2, 0.25) is 0 Å². The lowest BCUT2D eigenvalue weighted by atomic mass is 10.1. The molecular formula is C17H14F4O4S. The first-order valence-corrected chi connectivity index (χ1v) is 9.35. The molecule has 0 bridgehead atoms. The molecule has 1 N–H and O–H groups in total. The van der Waals surface area contributed by atoms with E-state index >= 15 is 0 Å². The maximum absolute atomic E-state index is 14.5.